The second kappa shape index (κ2) is 8.59. The highest BCUT2D eigenvalue weighted by Gasteiger charge is 2.17. The largest absolute Gasteiger partial charge is 0.480 e. The van der Waals surface area contributed by atoms with Gasteiger partial charge in [0, 0.05) is 11.9 Å². The number of benzene rings is 1. The molecule has 0 atom stereocenters. The number of aliphatic carboxylic acids is 1. The zero-order valence-electron chi connectivity index (χ0n) is 16.0. The number of hydrogen-bond donors (Lipinski definition) is 2. The predicted molar refractivity (Wildman–Crippen MR) is 105 cm³/mol. The monoisotopic (exact) mass is 371 g/mol. The molecule has 144 valence electrons. The molecule has 3 aromatic rings. The van der Waals surface area contributed by atoms with Crippen LogP contribution in [-0.2, 0) is 11.3 Å². The first kappa shape index (κ1) is 20.3. The molecule has 3 rings (SSSR count). The Morgan fingerprint density at radius 1 is 1.26 bits per heavy atom. The van der Waals surface area contributed by atoms with E-state index in [0.29, 0.717) is 11.4 Å². The molecule has 0 unspecified atom stereocenters. The van der Waals surface area contributed by atoms with E-state index in [1.807, 2.05) is 24.3 Å². The van der Waals surface area contributed by atoms with Crippen LogP contribution in [0.1, 0.15) is 24.3 Å². The van der Waals surface area contributed by atoms with Gasteiger partial charge < -0.3 is 15.4 Å². The number of aromatic nitrogens is 3. The number of pyridine rings is 1. The fourth-order valence-electron chi connectivity index (χ4n) is 2.76. The molecule has 0 fully saturated rings. The molecule has 8 heteroatoms. The van der Waals surface area contributed by atoms with Crippen molar-refractivity contribution in [3.05, 3.63) is 36.3 Å². The summed E-state index contributed by atoms with van der Waals surface area (Å²) in [6, 6.07) is 7.73. The summed E-state index contributed by atoms with van der Waals surface area (Å²) < 4.78 is 2.07. The molecule has 0 aliphatic heterocycles. The molecular weight excluding hydrogens is 346 g/mol. The molecule has 1 amide bonds. The Morgan fingerprint density at radius 3 is 2.44 bits per heavy atom. The molecule has 8 nitrogen and oxygen atoms in total. The van der Waals surface area contributed by atoms with Gasteiger partial charge in [-0.1, -0.05) is 32.0 Å². The van der Waals surface area contributed by atoms with Crippen LogP contribution in [0.4, 0.5) is 0 Å². The van der Waals surface area contributed by atoms with Crippen LogP contribution < -0.4 is 5.73 Å². The molecule has 0 aliphatic rings. The van der Waals surface area contributed by atoms with Crippen molar-refractivity contribution in [2.45, 2.75) is 20.4 Å². The van der Waals surface area contributed by atoms with Crippen LogP contribution >= 0.6 is 0 Å². The van der Waals surface area contributed by atoms with Crippen LogP contribution in [-0.4, -0.2) is 57.1 Å². The topological polar surface area (TPSA) is 114 Å². The van der Waals surface area contributed by atoms with Gasteiger partial charge in [-0.3, -0.25) is 14.5 Å². The first-order valence-electron chi connectivity index (χ1n) is 8.60. The van der Waals surface area contributed by atoms with E-state index < -0.39 is 11.9 Å². The van der Waals surface area contributed by atoms with E-state index in [4.69, 9.17) is 10.8 Å². The highest BCUT2D eigenvalue weighted by Crippen LogP contribution is 2.26. The number of rotatable bonds is 5. The molecule has 0 radical (unpaired) electrons. The quantitative estimate of drug-likeness (QED) is 0.709. The average Bonchev–Trinajstić information content (AvgIpc) is 2.96. The lowest BCUT2D eigenvalue weighted by Gasteiger charge is -2.09. The summed E-state index contributed by atoms with van der Waals surface area (Å²) >= 11 is 0. The SMILES string of the molecule is CC(C)Cn1cnc2c(C(N)=O)nc3ccccc3c21.CN(C)CC(=O)O. The van der Waals surface area contributed by atoms with Gasteiger partial charge in [0.15, 0.2) is 5.69 Å². The fourth-order valence-corrected chi connectivity index (χ4v) is 2.76. The lowest BCUT2D eigenvalue weighted by Crippen LogP contribution is -2.20. The third-order valence-electron chi connectivity index (χ3n) is 3.70. The lowest BCUT2D eigenvalue weighted by molar-refractivity contribution is -0.137. The number of likely N-dealkylation sites (N-methyl/N-ethyl adjacent to an activating group) is 1. The van der Waals surface area contributed by atoms with Crippen LogP contribution in [0.15, 0.2) is 30.6 Å². The van der Waals surface area contributed by atoms with Crippen molar-refractivity contribution >= 4 is 33.8 Å². The van der Waals surface area contributed by atoms with Gasteiger partial charge in [0.2, 0.25) is 0 Å². The molecule has 3 N–H and O–H groups in total. The van der Waals surface area contributed by atoms with Crippen molar-refractivity contribution in [2.75, 3.05) is 20.6 Å². The number of amides is 1. The number of para-hydroxylation sites is 1. The Labute approximate surface area is 157 Å². The van der Waals surface area contributed by atoms with E-state index in [1.165, 1.54) is 0 Å². The molecular formula is C19H25N5O3. The summed E-state index contributed by atoms with van der Waals surface area (Å²) in [6.07, 6.45) is 1.76. The van der Waals surface area contributed by atoms with Gasteiger partial charge in [-0.15, -0.1) is 0 Å². The van der Waals surface area contributed by atoms with Gasteiger partial charge in [0.1, 0.15) is 5.52 Å². The molecule has 2 heterocycles. The average molecular weight is 371 g/mol. The second-order valence-corrected chi connectivity index (χ2v) is 6.96. The third kappa shape index (κ3) is 5.01. The van der Waals surface area contributed by atoms with Crippen LogP contribution in [0.3, 0.4) is 0 Å². The summed E-state index contributed by atoms with van der Waals surface area (Å²) in [5.74, 6) is -0.850. The first-order valence-corrected chi connectivity index (χ1v) is 8.60. The van der Waals surface area contributed by atoms with E-state index in [1.54, 1.807) is 25.3 Å². The normalized spacial score (nSPS) is 11.0. The van der Waals surface area contributed by atoms with Gasteiger partial charge in [-0.05, 0) is 26.1 Å². The maximum atomic E-state index is 11.6. The summed E-state index contributed by atoms with van der Waals surface area (Å²) in [6.45, 7) is 5.23. The number of nitrogens with zero attached hydrogens (tertiary/aromatic N) is 4. The highest BCUT2D eigenvalue weighted by molar-refractivity contribution is 6.11. The minimum atomic E-state index is -0.787. The zero-order valence-corrected chi connectivity index (χ0v) is 16.0. The minimum Gasteiger partial charge on any atom is -0.480 e. The van der Waals surface area contributed by atoms with Crippen LogP contribution in [0.2, 0.25) is 0 Å². The van der Waals surface area contributed by atoms with E-state index >= 15 is 0 Å². The number of carbonyl (C=O) groups excluding carboxylic acids is 1. The van der Waals surface area contributed by atoms with Crippen molar-refractivity contribution in [1.82, 2.24) is 19.4 Å². The number of carboxylic acid groups (broad SMARTS) is 1. The van der Waals surface area contributed by atoms with E-state index in [2.05, 4.69) is 28.4 Å². The lowest BCUT2D eigenvalue weighted by atomic mass is 10.1. The Morgan fingerprint density at radius 2 is 1.93 bits per heavy atom. The molecule has 0 spiro atoms. The highest BCUT2D eigenvalue weighted by atomic mass is 16.4. The zero-order chi connectivity index (χ0) is 20.1. The van der Waals surface area contributed by atoms with E-state index in [0.717, 1.165) is 23.0 Å². The number of fused-ring (bicyclic) bond motifs is 3. The van der Waals surface area contributed by atoms with Crippen molar-refractivity contribution in [3.63, 3.8) is 0 Å². The summed E-state index contributed by atoms with van der Waals surface area (Å²) in [5, 5.41) is 9.03. The maximum Gasteiger partial charge on any atom is 0.317 e. The number of primary amides is 1. The molecule has 1 aromatic carbocycles. The van der Waals surface area contributed by atoms with Crippen LogP contribution in [0, 0.1) is 5.92 Å². The summed E-state index contributed by atoms with van der Waals surface area (Å²) in [7, 11) is 3.43. The maximum absolute atomic E-state index is 11.6. The number of carboxylic acids is 1. The van der Waals surface area contributed by atoms with Crippen molar-refractivity contribution < 1.29 is 14.7 Å². The number of hydrogen-bond acceptors (Lipinski definition) is 5. The van der Waals surface area contributed by atoms with Gasteiger partial charge in [0.05, 0.1) is 23.9 Å². The minimum absolute atomic E-state index is 0.111. The Balaban J connectivity index is 0.000000321. The Bertz CT molecular complexity index is 963. The van der Waals surface area contributed by atoms with Crippen molar-refractivity contribution in [1.29, 1.82) is 0 Å². The molecule has 27 heavy (non-hydrogen) atoms. The predicted octanol–water partition coefficient (Wildman–Crippen LogP) is 1.97. The third-order valence-corrected chi connectivity index (χ3v) is 3.70. The van der Waals surface area contributed by atoms with Gasteiger partial charge >= 0.3 is 5.97 Å². The van der Waals surface area contributed by atoms with E-state index in [9.17, 15) is 9.59 Å². The molecule has 0 saturated carbocycles. The second-order valence-electron chi connectivity index (χ2n) is 6.96. The number of carbonyl (C=O) groups is 2. The Hall–Kier alpha value is -3.00. The van der Waals surface area contributed by atoms with Crippen molar-refractivity contribution in [3.8, 4) is 0 Å². The van der Waals surface area contributed by atoms with Crippen LogP contribution in [0.5, 0.6) is 0 Å². The van der Waals surface area contributed by atoms with Gasteiger partial charge in [-0.2, -0.15) is 0 Å². The standard InChI is InChI=1S/C15H16N4O.C4H9NO2/c1-9(2)7-19-8-17-12-13(15(16)20)18-11-6-4-3-5-10(11)14(12)19;1-5(2)3-4(6)7/h3-6,8-9H,7H2,1-2H3,(H2,16,20);3H2,1-2H3,(H,6,7). The van der Waals surface area contributed by atoms with Crippen molar-refractivity contribution in [2.24, 2.45) is 11.7 Å². The summed E-state index contributed by atoms with van der Waals surface area (Å²) in [5.41, 5.74) is 7.94. The van der Waals surface area contributed by atoms with Gasteiger partial charge in [0.25, 0.3) is 5.91 Å². The van der Waals surface area contributed by atoms with Gasteiger partial charge in [-0.25, -0.2) is 9.97 Å². The molecule has 2 aromatic heterocycles. The van der Waals surface area contributed by atoms with E-state index in [-0.39, 0.29) is 12.2 Å². The van der Waals surface area contributed by atoms with Crippen LogP contribution in [0.25, 0.3) is 21.9 Å². The smallest absolute Gasteiger partial charge is 0.317 e. The fraction of sp³-hybridized carbons (Fsp3) is 0.368. The molecule has 0 bridgehead atoms. The molecule has 0 saturated heterocycles. The molecule has 0 aliphatic carbocycles. The first-order chi connectivity index (χ1) is 12.7. The number of imidazole rings is 1. The summed E-state index contributed by atoms with van der Waals surface area (Å²) in [4.78, 5) is 31.7. The number of nitrogens with two attached hydrogens (primary N) is 1. The Kier molecular flexibility index (Phi) is 6.46.